The Morgan fingerprint density at radius 2 is 1.34 bits per heavy atom. The Balaban J connectivity index is 1.11. The normalized spacial score (nSPS) is 14.7. The van der Waals surface area contributed by atoms with Gasteiger partial charge in [0, 0.05) is 26.7 Å². The topological polar surface area (TPSA) is 30.1 Å². The summed E-state index contributed by atoms with van der Waals surface area (Å²) in [5, 5.41) is 8.81. The molecular weight excluding hydrogens is 520 g/mol. The van der Waals surface area contributed by atoms with Crippen LogP contribution >= 0.6 is 11.8 Å². The highest BCUT2D eigenvalue weighted by molar-refractivity contribution is 8.00. The summed E-state index contributed by atoms with van der Waals surface area (Å²) in [7, 11) is 0. The van der Waals surface area contributed by atoms with E-state index in [9.17, 15) is 0 Å². The summed E-state index contributed by atoms with van der Waals surface area (Å²) in [6.45, 7) is 0. The van der Waals surface area contributed by atoms with Crippen LogP contribution in [0, 0.1) is 0 Å². The number of hydrogen-bond acceptors (Lipinski definition) is 3. The lowest BCUT2D eigenvalue weighted by Crippen LogP contribution is -2.02. The second-order valence-corrected chi connectivity index (χ2v) is 11.7. The van der Waals surface area contributed by atoms with Crippen LogP contribution in [0.3, 0.4) is 0 Å². The van der Waals surface area contributed by atoms with Gasteiger partial charge in [-0.25, -0.2) is 0 Å². The molecule has 194 valence electrons. The molecule has 1 unspecified atom stereocenters. The molecule has 0 aliphatic carbocycles. The molecule has 0 spiro atoms. The minimum atomic E-state index is 0.143. The first-order valence-corrected chi connectivity index (χ1v) is 14.8. The van der Waals surface area contributed by atoms with Crippen LogP contribution in [-0.2, 0) is 0 Å². The summed E-state index contributed by atoms with van der Waals surface area (Å²) in [5.74, 6) is 0. The van der Waals surface area contributed by atoms with Crippen molar-refractivity contribution in [3.8, 4) is 16.8 Å². The SMILES string of the molecule is c1ccc(-c2ccc3c(c2)c2ccccc2n3-c2ccc(C3Nc4c(ccc5oc6ccccc6c45)S3)cc2)cc1. The zero-order valence-corrected chi connectivity index (χ0v) is 22.9. The van der Waals surface area contributed by atoms with E-state index in [0.717, 1.165) is 22.2 Å². The highest BCUT2D eigenvalue weighted by atomic mass is 32.2. The summed E-state index contributed by atoms with van der Waals surface area (Å²) in [5.41, 5.74) is 10.3. The zero-order chi connectivity index (χ0) is 26.9. The van der Waals surface area contributed by atoms with Crippen molar-refractivity contribution in [3.63, 3.8) is 0 Å². The fourth-order valence-corrected chi connectivity index (χ4v) is 7.49. The second-order valence-electron chi connectivity index (χ2n) is 10.6. The lowest BCUT2D eigenvalue weighted by atomic mass is 10.0. The van der Waals surface area contributed by atoms with E-state index in [4.69, 9.17) is 4.42 Å². The van der Waals surface area contributed by atoms with Crippen molar-refractivity contribution in [2.24, 2.45) is 0 Å². The summed E-state index contributed by atoms with van der Waals surface area (Å²) < 4.78 is 8.51. The van der Waals surface area contributed by atoms with Crippen molar-refractivity contribution >= 4 is 61.2 Å². The summed E-state index contributed by atoms with van der Waals surface area (Å²) in [6, 6.07) is 47.7. The molecule has 3 nitrogen and oxygen atoms in total. The maximum Gasteiger partial charge on any atom is 0.137 e. The van der Waals surface area contributed by atoms with Crippen molar-refractivity contribution in [2.75, 3.05) is 5.32 Å². The van der Waals surface area contributed by atoms with Gasteiger partial charge >= 0.3 is 0 Å². The molecule has 0 saturated heterocycles. The van der Waals surface area contributed by atoms with E-state index in [-0.39, 0.29) is 5.37 Å². The van der Waals surface area contributed by atoms with Gasteiger partial charge in [-0.15, -0.1) is 0 Å². The molecule has 8 aromatic rings. The number of benzene rings is 6. The largest absolute Gasteiger partial charge is 0.456 e. The van der Waals surface area contributed by atoms with Gasteiger partial charge in [0.2, 0.25) is 0 Å². The first-order valence-electron chi connectivity index (χ1n) is 13.9. The first kappa shape index (κ1) is 22.8. The number of thioether (sulfide) groups is 1. The van der Waals surface area contributed by atoms with E-state index in [1.807, 2.05) is 23.9 Å². The molecule has 1 N–H and O–H groups in total. The Morgan fingerprint density at radius 1 is 0.585 bits per heavy atom. The minimum absolute atomic E-state index is 0.143. The average molecular weight is 545 g/mol. The van der Waals surface area contributed by atoms with Crippen LogP contribution < -0.4 is 5.32 Å². The summed E-state index contributed by atoms with van der Waals surface area (Å²) in [6.07, 6.45) is 0. The number of fused-ring (bicyclic) bond motifs is 8. The molecule has 4 heteroatoms. The maximum atomic E-state index is 6.13. The van der Waals surface area contributed by atoms with Crippen molar-refractivity contribution in [1.82, 2.24) is 4.57 Å². The van der Waals surface area contributed by atoms with Crippen molar-refractivity contribution < 1.29 is 4.42 Å². The van der Waals surface area contributed by atoms with Gasteiger partial charge in [-0.1, -0.05) is 96.7 Å². The molecule has 0 radical (unpaired) electrons. The minimum Gasteiger partial charge on any atom is -0.456 e. The van der Waals surface area contributed by atoms with Gasteiger partial charge in [-0.05, 0) is 65.2 Å². The second kappa shape index (κ2) is 8.79. The Bertz CT molecular complexity index is 2260. The predicted octanol–water partition coefficient (Wildman–Crippen LogP) is 10.6. The van der Waals surface area contributed by atoms with E-state index in [1.54, 1.807) is 0 Å². The molecular formula is C37H24N2OS. The number of hydrogen-bond donors (Lipinski definition) is 1. The van der Waals surface area contributed by atoms with E-state index in [0.29, 0.717) is 0 Å². The number of aromatic nitrogens is 1. The maximum absolute atomic E-state index is 6.13. The zero-order valence-electron chi connectivity index (χ0n) is 22.0. The standard InChI is InChI=1S/C37H24N2OS/c1-2-8-23(9-3-1)25-16-19-31-29(22-25)27-10-4-6-12-30(27)39(31)26-17-14-24(15-18-26)37-38-36-34(41-37)21-20-33-35(36)28-11-5-7-13-32(28)40-33/h1-22,37-38H. The van der Waals surface area contributed by atoms with Gasteiger partial charge in [0.15, 0.2) is 0 Å². The highest BCUT2D eigenvalue weighted by Crippen LogP contribution is 2.51. The van der Waals surface area contributed by atoms with Gasteiger partial charge in [-0.3, -0.25) is 0 Å². The molecule has 0 amide bonds. The number of nitrogens with zero attached hydrogens (tertiary/aromatic N) is 1. The molecule has 1 aliphatic heterocycles. The van der Waals surface area contributed by atoms with Crippen LogP contribution in [-0.4, -0.2) is 4.57 Å². The molecule has 3 heterocycles. The van der Waals surface area contributed by atoms with Crippen LogP contribution in [0.1, 0.15) is 10.9 Å². The lowest BCUT2D eigenvalue weighted by Gasteiger charge is -2.13. The number of nitrogens with one attached hydrogen (secondary N) is 1. The Hall–Kier alpha value is -4.93. The van der Waals surface area contributed by atoms with E-state index in [2.05, 4.69) is 131 Å². The van der Waals surface area contributed by atoms with Gasteiger partial charge in [0.25, 0.3) is 0 Å². The smallest absolute Gasteiger partial charge is 0.137 e. The molecule has 41 heavy (non-hydrogen) atoms. The molecule has 0 bridgehead atoms. The summed E-state index contributed by atoms with van der Waals surface area (Å²) >= 11 is 1.86. The fourth-order valence-electron chi connectivity index (χ4n) is 6.34. The quantitative estimate of drug-likeness (QED) is 0.240. The number of para-hydroxylation sites is 2. The van der Waals surface area contributed by atoms with Gasteiger partial charge in [-0.2, -0.15) is 0 Å². The van der Waals surface area contributed by atoms with Crippen molar-refractivity contribution in [2.45, 2.75) is 10.3 Å². The van der Waals surface area contributed by atoms with Gasteiger partial charge < -0.3 is 14.3 Å². The van der Waals surface area contributed by atoms with Gasteiger partial charge in [0.1, 0.15) is 16.5 Å². The molecule has 0 fully saturated rings. The Kier molecular flexibility index (Phi) is 4.89. The number of furan rings is 1. The van der Waals surface area contributed by atoms with Crippen molar-refractivity contribution in [3.05, 3.63) is 139 Å². The molecule has 0 saturated carbocycles. The van der Waals surface area contributed by atoms with Gasteiger partial charge in [0.05, 0.1) is 22.1 Å². The Morgan fingerprint density at radius 3 is 2.22 bits per heavy atom. The van der Waals surface area contributed by atoms with E-state index in [1.165, 1.54) is 54.5 Å². The monoisotopic (exact) mass is 544 g/mol. The summed E-state index contributed by atoms with van der Waals surface area (Å²) in [4.78, 5) is 1.26. The van der Waals surface area contributed by atoms with Crippen LogP contribution in [0.4, 0.5) is 5.69 Å². The predicted molar refractivity (Wildman–Crippen MR) is 172 cm³/mol. The van der Waals surface area contributed by atoms with Crippen LogP contribution in [0.5, 0.6) is 0 Å². The fraction of sp³-hybridized carbons (Fsp3) is 0.0270. The third-order valence-electron chi connectivity index (χ3n) is 8.26. The van der Waals surface area contributed by atoms with E-state index < -0.39 is 0 Å². The number of rotatable bonds is 3. The van der Waals surface area contributed by atoms with E-state index >= 15 is 0 Å². The Labute approximate surface area is 241 Å². The van der Waals surface area contributed by atoms with Crippen LogP contribution in [0.25, 0.3) is 60.6 Å². The number of anilines is 1. The first-order chi connectivity index (χ1) is 20.3. The third kappa shape index (κ3) is 3.47. The van der Waals surface area contributed by atoms with Crippen LogP contribution in [0.2, 0.25) is 0 Å². The molecule has 9 rings (SSSR count). The van der Waals surface area contributed by atoms with Crippen molar-refractivity contribution in [1.29, 1.82) is 0 Å². The third-order valence-corrected chi connectivity index (χ3v) is 9.48. The van der Waals surface area contributed by atoms with Crippen LogP contribution in [0.15, 0.2) is 143 Å². The molecule has 1 atom stereocenters. The molecule has 6 aromatic carbocycles. The lowest BCUT2D eigenvalue weighted by molar-refractivity contribution is 0.669. The molecule has 2 aromatic heterocycles. The average Bonchev–Trinajstić information content (AvgIpc) is 3.73. The highest BCUT2D eigenvalue weighted by Gasteiger charge is 2.27. The molecule has 1 aliphatic rings.